The third-order valence-corrected chi connectivity index (χ3v) is 4.15. The highest BCUT2D eigenvalue weighted by Gasteiger charge is 2.31. The van der Waals surface area contributed by atoms with E-state index in [4.69, 9.17) is 9.47 Å². The third-order valence-electron chi connectivity index (χ3n) is 4.15. The van der Waals surface area contributed by atoms with Gasteiger partial charge in [0.25, 0.3) is 0 Å². The summed E-state index contributed by atoms with van der Waals surface area (Å²) in [6.45, 7) is 0.525. The minimum Gasteiger partial charge on any atom is -0.497 e. The van der Waals surface area contributed by atoms with Crippen LogP contribution in [-0.2, 0) is 16.0 Å². The van der Waals surface area contributed by atoms with Crippen LogP contribution in [0.2, 0.25) is 0 Å². The quantitative estimate of drug-likeness (QED) is 0.868. The number of carboxylic acids is 1. The van der Waals surface area contributed by atoms with Crippen LogP contribution >= 0.6 is 0 Å². The second kappa shape index (κ2) is 7.85. The molecule has 0 radical (unpaired) electrons. The number of hydrogen-bond donors (Lipinski definition) is 1. The van der Waals surface area contributed by atoms with Crippen molar-refractivity contribution >= 4 is 11.9 Å². The number of hydrogen-bond acceptors (Lipinski definition) is 4. The molecule has 0 spiro atoms. The van der Waals surface area contributed by atoms with Crippen LogP contribution < -0.4 is 9.47 Å². The number of rotatable bonds is 6. The van der Waals surface area contributed by atoms with Crippen molar-refractivity contribution in [2.24, 2.45) is 0 Å². The first-order valence-electron chi connectivity index (χ1n) is 7.79. The maximum Gasteiger partial charge on any atom is 0.326 e. The molecule has 6 heteroatoms. The molecule has 1 N–H and O–H groups in total. The summed E-state index contributed by atoms with van der Waals surface area (Å²) in [7, 11) is 3.16. The fraction of sp³-hybridized carbons (Fsp3) is 0.529. The molecular formula is C17H23NO5. The Morgan fingerprint density at radius 2 is 1.83 bits per heavy atom. The summed E-state index contributed by atoms with van der Waals surface area (Å²) in [5.41, 5.74) is 0.929. The first-order valence-corrected chi connectivity index (χ1v) is 7.79. The number of carbonyl (C=O) groups excluding carboxylic acids is 1. The number of amides is 1. The van der Waals surface area contributed by atoms with Gasteiger partial charge in [-0.05, 0) is 43.4 Å². The third kappa shape index (κ3) is 4.37. The van der Waals surface area contributed by atoms with Crippen molar-refractivity contribution in [3.05, 3.63) is 23.8 Å². The molecule has 2 rings (SSSR count). The van der Waals surface area contributed by atoms with Crippen molar-refractivity contribution in [3.8, 4) is 11.5 Å². The lowest BCUT2D eigenvalue weighted by Gasteiger charge is -2.33. The molecule has 0 aromatic heterocycles. The fourth-order valence-electron chi connectivity index (χ4n) is 2.89. The standard InChI is InChI=1S/C17H23NO5/c1-22-13-9-12(10-14(11-13)23-2)6-7-16(19)18-8-4-3-5-15(18)17(20)21/h9-11,15H,3-8H2,1-2H3,(H,20,21)/t15-/m1/s1. The second-order valence-corrected chi connectivity index (χ2v) is 5.66. The molecule has 1 aromatic rings. The molecule has 0 unspecified atom stereocenters. The summed E-state index contributed by atoms with van der Waals surface area (Å²) >= 11 is 0. The van der Waals surface area contributed by atoms with Gasteiger partial charge in [0.2, 0.25) is 5.91 Å². The van der Waals surface area contributed by atoms with Gasteiger partial charge in [-0.25, -0.2) is 4.79 Å². The van der Waals surface area contributed by atoms with Gasteiger partial charge in [0.1, 0.15) is 17.5 Å². The highest BCUT2D eigenvalue weighted by atomic mass is 16.5. The number of ether oxygens (including phenoxy) is 2. The van der Waals surface area contributed by atoms with Gasteiger partial charge in [-0.2, -0.15) is 0 Å². The Bertz CT molecular complexity index is 550. The Morgan fingerprint density at radius 1 is 1.17 bits per heavy atom. The zero-order valence-corrected chi connectivity index (χ0v) is 13.6. The van der Waals surface area contributed by atoms with Crippen LogP contribution in [0.4, 0.5) is 0 Å². The van der Waals surface area contributed by atoms with Crippen LogP contribution in [0.1, 0.15) is 31.2 Å². The van der Waals surface area contributed by atoms with Crippen molar-refractivity contribution in [1.82, 2.24) is 4.90 Å². The number of aryl methyl sites for hydroxylation is 1. The van der Waals surface area contributed by atoms with Crippen LogP contribution in [0.3, 0.4) is 0 Å². The molecule has 6 nitrogen and oxygen atoms in total. The van der Waals surface area contributed by atoms with E-state index in [1.54, 1.807) is 20.3 Å². The Kier molecular flexibility index (Phi) is 5.84. The highest BCUT2D eigenvalue weighted by Crippen LogP contribution is 2.24. The van der Waals surface area contributed by atoms with E-state index in [2.05, 4.69) is 0 Å². The van der Waals surface area contributed by atoms with Gasteiger partial charge in [0.15, 0.2) is 0 Å². The number of methoxy groups -OCH3 is 2. The molecule has 1 atom stereocenters. The molecule has 1 fully saturated rings. The number of carboxylic acid groups (broad SMARTS) is 1. The summed E-state index contributed by atoms with van der Waals surface area (Å²) < 4.78 is 10.4. The van der Waals surface area contributed by atoms with Gasteiger partial charge in [0, 0.05) is 19.0 Å². The average Bonchev–Trinajstić information content (AvgIpc) is 2.59. The molecule has 0 saturated carbocycles. The summed E-state index contributed by atoms with van der Waals surface area (Å²) in [6.07, 6.45) is 3.06. The minimum atomic E-state index is -0.916. The van der Waals surface area contributed by atoms with Crippen LogP contribution in [0.25, 0.3) is 0 Å². The van der Waals surface area contributed by atoms with E-state index < -0.39 is 12.0 Å². The molecule has 1 aliphatic heterocycles. The molecule has 1 aliphatic rings. The molecule has 0 aliphatic carbocycles. The minimum absolute atomic E-state index is 0.112. The van der Waals surface area contributed by atoms with Crippen molar-refractivity contribution in [3.63, 3.8) is 0 Å². The van der Waals surface area contributed by atoms with Gasteiger partial charge in [-0.15, -0.1) is 0 Å². The van der Waals surface area contributed by atoms with E-state index in [0.29, 0.717) is 30.9 Å². The van der Waals surface area contributed by atoms with Crippen LogP contribution in [0.5, 0.6) is 11.5 Å². The number of piperidine rings is 1. The molecule has 23 heavy (non-hydrogen) atoms. The molecule has 1 heterocycles. The van der Waals surface area contributed by atoms with Crippen LogP contribution in [-0.4, -0.2) is 48.7 Å². The number of benzene rings is 1. The second-order valence-electron chi connectivity index (χ2n) is 5.66. The van der Waals surface area contributed by atoms with E-state index in [1.807, 2.05) is 12.1 Å². The van der Waals surface area contributed by atoms with Crippen molar-refractivity contribution in [1.29, 1.82) is 0 Å². The van der Waals surface area contributed by atoms with Gasteiger partial charge in [-0.1, -0.05) is 0 Å². The van der Waals surface area contributed by atoms with Crippen molar-refractivity contribution < 1.29 is 24.2 Å². The van der Waals surface area contributed by atoms with E-state index in [9.17, 15) is 14.7 Å². The van der Waals surface area contributed by atoms with Gasteiger partial charge in [-0.3, -0.25) is 4.79 Å². The lowest BCUT2D eigenvalue weighted by Crippen LogP contribution is -2.48. The molecule has 1 amide bonds. The molecule has 126 valence electrons. The predicted octanol–water partition coefficient (Wildman–Crippen LogP) is 2.10. The summed E-state index contributed by atoms with van der Waals surface area (Å²) in [6, 6.07) is 4.81. The molecule has 1 saturated heterocycles. The number of nitrogens with zero attached hydrogens (tertiary/aromatic N) is 1. The van der Waals surface area contributed by atoms with Crippen LogP contribution in [0, 0.1) is 0 Å². The summed E-state index contributed by atoms with van der Waals surface area (Å²) in [5, 5.41) is 9.25. The van der Waals surface area contributed by atoms with Gasteiger partial charge in [0.05, 0.1) is 14.2 Å². The number of aliphatic carboxylic acids is 1. The maximum absolute atomic E-state index is 12.4. The Morgan fingerprint density at radius 3 is 2.39 bits per heavy atom. The van der Waals surface area contributed by atoms with E-state index >= 15 is 0 Å². The first-order chi connectivity index (χ1) is 11.0. The normalized spacial score (nSPS) is 17.7. The highest BCUT2D eigenvalue weighted by molar-refractivity contribution is 5.84. The molecular weight excluding hydrogens is 298 g/mol. The SMILES string of the molecule is COc1cc(CCC(=O)N2CCCC[C@@H]2C(=O)O)cc(OC)c1. The predicted molar refractivity (Wildman–Crippen MR) is 84.9 cm³/mol. The lowest BCUT2D eigenvalue weighted by molar-refractivity contribution is -0.152. The largest absolute Gasteiger partial charge is 0.497 e. The Balaban J connectivity index is 2.02. The smallest absolute Gasteiger partial charge is 0.326 e. The lowest BCUT2D eigenvalue weighted by atomic mass is 10.0. The summed E-state index contributed by atoms with van der Waals surface area (Å²) in [4.78, 5) is 25.2. The molecule has 0 bridgehead atoms. The van der Waals surface area contributed by atoms with E-state index in [1.165, 1.54) is 4.90 Å². The zero-order valence-electron chi connectivity index (χ0n) is 13.6. The van der Waals surface area contributed by atoms with E-state index in [0.717, 1.165) is 18.4 Å². The zero-order chi connectivity index (χ0) is 16.8. The van der Waals surface area contributed by atoms with Crippen LogP contribution in [0.15, 0.2) is 18.2 Å². The average molecular weight is 321 g/mol. The van der Waals surface area contributed by atoms with Crippen molar-refractivity contribution in [2.75, 3.05) is 20.8 Å². The van der Waals surface area contributed by atoms with Crippen molar-refractivity contribution in [2.45, 2.75) is 38.1 Å². The maximum atomic E-state index is 12.4. The number of likely N-dealkylation sites (tertiary alicyclic amines) is 1. The topological polar surface area (TPSA) is 76.1 Å². The monoisotopic (exact) mass is 321 g/mol. The molecule has 1 aromatic carbocycles. The van der Waals surface area contributed by atoms with Gasteiger partial charge >= 0.3 is 5.97 Å². The van der Waals surface area contributed by atoms with E-state index in [-0.39, 0.29) is 12.3 Å². The number of carbonyl (C=O) groups is 2. The summed E-state index contributed by atoms with van der Waals surface area (Å²) in [5.74, 6) is 0.321. The van der Waals surface area contributed by atoms with Gasteiger partial charge < -0.3 is 19.5 Å². The first kappa shape index (κ1) is 17.1. The Labute approximate surface area is 136 Å². The Hall–Kier alpha value is -2.24. The fourth-order valence-corrected chi connectivity index (χ4v) is 2.89.